The van der Waals surface area contributed by atoms with Gasteiger partial charge in [-0.2, -0.15) is 0 Å². The van der Waals surface area contributed by atoms with Crippen molar-refractivity contribution in [3.8, 4) is 0 Å². The molecule has 0 amide bonds. The maximum absolute atomic E-state index is 13.5. The summed E-state index contributed by atoms with van der Waals surface area (Å²) < 4.78 is 7.04. The van der Waals surface area contributed by atoms with E-state index < -0.39 is 12.0 Å². The number of carbonyl (C=O) groups is 1. The van der Waals surface area contributed by atoms with Crippen LogP contribution in [-0.2, 0) is 9.53 Å². The van der Waals surface area contributed by atoms with Gasteiger partial charge in [0.1, 0.15) is 0 Å². The number of fused-ring (bicyclic) bond motifs is 2. The van der Waals surface area contributed by atoms with Gasteiger partial charge < -0.3 is 4.74 Å². The summed E-state index contributed by atoms with van der Waals surface area (Å²) in [5, 5.41) is 0. The summed E-state index contributed by atoms with van der Waals surface area (Å²) >= 11 is 1.26. The second-order valence-corrected chi connectivity index (χ2v) is 8.28. The van der Waals surface area contributed by atoms with E-state index in [1.54, 1.807) is 23.8 Å². The Kier molecular flexibility index (Phi) is 4.99. The molecule has 4 aromatic rings. The first-order chi connectivity index (χ1) is 15.6. The van der Waals surface area contributed by atoms with Gasteiger partial charge in [-0.3, -0.25) is 14.3 Å². The number of rotatable bonds is 3. The Morgan fingerprint density at radius 2 is 1.81 bits per heavy atom. The fourth-order valence-corrected chi connectivity index (χ4v) is 4.85. The first-order valence-electron chi connectivity index (χ1n) is 9.94. The third-order valence-corrected chi connectivity index (χ3v) is 6.27. The Labute approximate surface area is 186 Å². The summed E-state index contributed by atoms with van der Waals surface area (Å²) in [6.07, 6.45) is 3.35. The predicted molar refractivity (Wildman–Crippen MR) is 122 cm³/mol. The van der Waals surface area contributed by atoms with E-state index in [-0.39, 0.29) is 5.56 Å². The first-order valence-corrected chi connectivity index (χ1v) is 10.8. The fraction of sp³-hybridized carbons (Fsp3) is 0.125. The Bertz CT molecular complexity index is 1570. The number of nitrogens with zero attached hydrogens (tertiary/aromatic N) is 4. The van der Waals surface area contributed by atoms with Crippen LogP contribution in [0, 0.1) is 0 Å². The van der Waals surface area contributed by atoms with Crippen LogP contribution in [0.4, 0.5) is 0 Å². The van der Waals surface area contributed by atoms with Crippen molar-refractivity contribution < 1.29 is 9.53 Å². The zero-order valence-electron chi connectivity index (χ0n) is 17.4. The maximum atomic E-state index is 13.5. The molecule has 32 heavy (non-hydrogen) atoms. The monoisotopic (exact) mass is 442 g/mol. The van der Waals surface area contributed by atoms with Gasteiger partial charge in [0.25, 0.3) is 5.56 Å². The van der Waals surface area contributed by atoms with E-state index in [1.165, 1.54) is 18.4 Å². The van der Waals surface area contributed by atoms with Crippen molar-refractivity contribution >= 4 is 34.4 Å². The van der Waals surface area contributed by atoms with Crippen molar-refractivity contribution in [2.45, 2.75) is 13.0 Å². The number of methoxy groups -OCH3 is 1. The number of thiazole rings is 1. The SMILES string of the molecule is COC(=O)C1=C(C)N=c2sc(=Cc3cnc4ccccc4n3)c(=O)n2[C@@H]1c1ccccc1. The van der Waals surface area contributed by atoms with Crippen molar-refractivity contribution in [3.05, 3.63) is 103 Å². The summed E-state index contributed by atoms with van der Waals surface area (Å²) in [5.74, 6) is -0.505. The highest BCUT2D eigenvalue weighted by Gasteiger charge is 2.32. The average Bonchev–Trinajstić information content (AvgIpc) is 3.12. The molecule has 8 heteroatoms. The lowest BCUT2D eigenvalue weighted by Crippen LogP contribution is -2.39. The summed E-state index contributed by atoms with van der Waals surface area (Å²) in [5.41, 5.74) is 3.56. The number of carbonyl (C=O) groups excluding carboxylic acids is 1. The molecule has 0 bridgehead atoms. The summed E-state index contributed by atoms with van der Waals surface area (Å²) in [6.45, 7) is 1.76. The van der Waals surface area contributed by atoms with Crippen LogP contribution in [0.1, 0.15) is 24.2 Å². The van der Waals surface area contributed by atoms with Gasteiger partial charge in [0.05, 0.1) is 51.9 Å². The van der Waals surface area contributed by atoms with E-state index in [2.05, 4.69) is 15.0 Å². The maximum Gasteiger partial charge on any atom is 0.338 e. The number of hydrogen-bond acceptors (Lipinski definition) is 7. The molecule has 0 radical (unpaired) electrons. The minimum absolute atomic E-state index is 0.244. The van der Waals surface area contributed by atoms with Gasteiger partial charge in [0, 0.05) is 0 Å². The molecule has 0 spiro atoms. The van der Waals surface area contributed by atoms with Gasteiger partial charge in [-0.25, -0.2) is 14.8 Å². The van der Waals surface area contributed by atoms with E-state index >= 15 is 0 Å². The van der Waals surface area contributed by atoms with Crippen molar-refractivity contribution in [3.63, 3.8) is 0 Å². The molecule has 0 saturated heterocycles. The van der Waals surface area contributed by atoms with Crippen LogP contribution in [-0.4, -0.2) is 27.6 Å². The van der Waals surface area contributed by atoms with Gasteiger partial charge in [0.2, 0.25) is 0 Å². The highest BCUT2D eigenvalue weighted by atomic mass is 32.1. The second-order valence-electron chi connectivity index (χ2n) is 7.27. The number of benzene rings is 2. The first kappa shape index (κ1) is 20.0. The Morgan fingerprint density at radius 1 is 1.09 bits per heavy atom. The molecule has 0 unspecified atom stereocenters. The molecule has 158 valence electrons. The molecule has 0 N–H and O–H groups in total. The van der Waals surface area contributed by atoms with E-state index in [4.69, 9.17) is 4.74 Å². The molecular weight excluding hydrogens is 424 g/mol. The van der Waals surface area contributed by atoms with E-state index in [9.17, 15) is 9.59 Å². The molecule has 1 atom stereocenters. The predicted octanol–water partition coefficient (Wildman–Crippen LogP) is 2.35. The van der Waals surface area contributed by atoms with Crippen molar-refractivity contribution in [2.75, 3.05) is 7.11 Å². The van der Waals surface area contributed by atoms with Crippen molar-refractivity contribution in [1.82, 2.24) is 14.5 Å². The lowest BCUT2D eigenvalue weighted by Gasteiger charge is -2.24. The van der Waals surface area contributed by atoms with Crippen LogP contribution in [0.3, 0.4) is 0 Å². The van der Waals surface area contributed by atoms with Gasteiger partial charge in [-0.05, 0) is 30.7 Å². The fourth-order valence-electron chi connectivity index (χ4n) is 3.82. The zero-order valence-corrected chi connectivity index (χ0v) is 18.2. The van der Waals surface area contributed by atoms with E-state index in [1.807, 2.05) is 54.6 Å². The second kappa shape index (κ2) is 7.97. The molecule has 1 aliphatic rings. The molecule has 3 heterocycles. The summed E-state index contributed by atoms with van der Waals surface area (Å²) in [7, 11) is 1.33. The quantitative estimate of drug-likeness (QED) is 0.455. The van der Waals surface area contributed by atoms with Crippen LogP contribution >= 0.6 is 11.3 Å². The number of ether oxygens (including phenoxy) is 1. The van der Waals surface area contributed by atoms with Gasteiger partial charge in [-0.15, -0.1) is 0 Å². The number of aromatic nitrogens is 3. The van der Waals surface area contributed by atoms with Crippen LogP contribution in [0.25, 0.3) is 17.1 Å². The standard InChI is InChI=1S/C24H18N4O3S/c1-14-20(23(30)31-2)21(15-8-4-3-5-9-15)28-22(29)19(32-24(28)26-14)12-16-13-25-17-10-6-7-11-18(17)27-16/h3-13,21H,1-2H3/t21-/m1/s1. The molecule has 0 aliphatic carbocycles. The largest absolute Gasteiger partial charge is 0.466 e. The zero-order chi connectivity index (χ0) is 22.2. The molecule has 2 aromatic carbocycles. The topological polar surface area (TPSA) is 86.4 Å². The van der Waals surface area contributed by atoms with E-state index in [0.29, 0.717) is 26.3 Å². The van der Waals surface area contributed by atoms with E-state index in [0.717, 1.165) is 16.6 Å². The molecule has 0 saturated carbocycles. The molecule has 0 fully saturated rings. The Morgan fingerprint density at radius 3 is 2.56 bits per heavy atom. The minimum atomic E-state index is -0.621. The molecular formula is C24H18N4O3S. The summed E-state index contributed by atoms with van der Waals surface area (Å²) in [6, 6.07) is 16.4. The number of esters is 1. The lowest BCUT2D eigenvalue weighted by atomic mass is 9.96. The third kappa shape index (κ3) is 3.34. The highest BCUT2D eigenvalue weighted by Crippen LogP contribution is 2.30. The van der Waals surface area contributed by atoms with Gasteiger partial charge >= 0.3 is 5.97 Å². The van der Waals surface area contributed by atoms with Crippen molar-refractivity contribution in [1.29, 1.82) is 0 Å². The average molecular weight is 443 g/mol. The van der Waals surface area contributed by atoms with Crippen LogP contribution in [0.2, 0.25) is 0 Å². The minimum Gasteiger partial charge on any atom is -0.466 e. The lowest BCUT2D eigenvalue weighted by molar-refractivity contribution is -0.136. The summed E-state index contributed by atoms with van der Waals surface area (Å²) in [4.78, 5) is 40.2. The Hall–Kier alpha value is -3.91. The molecule has 1 aliphatic heterocycles. The molecule has 2 aromatic heterocycles. The third-order valence-electron chi connectivity index (χ3n) is 5.29. The van der Waals surface area contributed by atoms with Gasteiger partial charge in [0.15, 0.2) is 4.80 Å². The molecule has 7 nitrogen and oxygen atoms in total. The normalized spacial score (nSPS) is 16.1. The van der Waals surface area contributed by atoms with Crippen LogP contribution in [0.15, 0.2) is 81.9 Å². The van der Waals surface area contributed by atoms with Crippen LogP contribution < -0.4 is 14.9 Å². The Balaban J connectivity index is 1.73. The smallest absolute Gasteiger partial charge is 0.338 e. The number of allylic oxidation sites excluding steroid dienone is 1. The van der Waals surface area contributed by atoms with Crippen LogP contribution in [0.5, 0.6) is 0 Å². The van der Waals surface area contributed by atoms with Crippen molar-refractivity contribution in [2.24, 2.45) is 4.99 Å². The number of hydrogen-bond donors (Lipinski definition) is 0. The highest BCUT2D eigenvalue weighted by molar-refractivity contribution is 7.07. The van der Waals surface area contributed by atoms with Gasteiger partial charge in [-0.1, -0.05) is 53.8 Å². The number of para-hydroxylation sites is 2. The molecule has 5 rings (SSSR count).